The summed E-state index contributed by atoms with van der Waals surface area (Å²) in [6.07, 6.45) is 3.51. The fourth-order valence-corrected chi connectivity index (χ4v) is 4.16. The standard InChI is InChI=1S/C23H29N3O/c27-23(25-12-15-26-13-10-24-11-14-26)7-3-4-18-8-9-20-17-19-5-1-2-6-21(19)22(20)16-18/h1-2,5-6,8-9,16,24H,3-4,7,10-15,17H2,(H,25,27). The van der Waals surface area contributed by atoms with Gasteiger partial charge in [0.2, 0.25) is 5.91 Å². The molecule has 0 aromatic heterocycles. The Morgan fingerprint density at radius 2 is 1.85 bits per heavy atom. The van der Waals surface area contributed by atoms with Crippen molar-refractivity contribution in [1.82, 2.24) is 15.5 Å². The SMILES string of the molecule is O=C(CCCc1ccc2c(c1)-c1ccccc1C2)NCCN1CCNCC1. The van der Waals surface area contributed by atoms with Crippen molar-refractivity contribution in [1.29, 1.82) is 0 Å². The van der Waals surface area contributed by atoms with Crippen molar-refractivity contribution >= 4 is 5.91 Å². The number of nitrogens with zero attached hydrogens (tertiary/aromatic N) is 1. The number of aryl methyl sites for hydroxylation is 1. The maximum Gasteiger partial charge on any atom is 0.220 e. The third kappa shape index (κ3) is 4.57. The predicted molar refractivity (Wildman–Crippen MR) is 110 cm³/mol. The van der Waals surface area contributed by atoms with E-state index in [-0.39, 0.29) is 5.91 Å². The number of fused-ring (bicyclic) bond motifs is 3. The van der Waals surface area contributed by atoms with Crippen LogP contribution in [0.15, 0.2) is 42.5 Å². The minimum atomic E-state index is 0.177. The van der Waals surface area contributed by atoms with Crippen molar-refractivity contribution in [2.45, 2.75) is 25.7 Å². The van der Waals surface area contributed by atoms with Crippen molar-refractivity contribution in [2.75, 3.05) is 39.3 Å². The number of hydrogen-bond donors (Lipinski definition) is 2. The third-order valence-corrected chi connectivity index (χ3v) is 5.69. The fourth-order valence-electron chi connectivity index (χ4n) is 4.16. The van der Waals surface area contributed by atoms with Gasteiger partial charge in [-0.1, -0.05) is 42.5 Å². The van der Waals surface area contributed by atoms with Gasteiger partial charge >= 0.3 is 0 Å². The Morgan fingerprint density at radius 3 is 2.74 bits per heavy atom. The van der Waals surface area contributed by atoms with Crippen molar-refractivity contribution < 1.29 is 4.79 Å². The molecule has 2 aliphatic rings. The molecule has 2 aromatic carbocycles. The Bertz CT molecular complexity index is 796. The van der Waals surface area contributed by atoms with Gasteiger partial charge in [-0.25, -0.2) is 0 Å². The van der Waals surface area contributed by atoms with E-state index in [1.165, 1.54) is 27.8 Å². The molecule has 142 valence electrons. The molecule has 1 heterocycles. The Kier molecular flexibility index (Phi) is 5.85. The van der Waals surface area contributed by atoms with Gasteiger partial charge < -0.3 is 10.6 Å². The maximum absolute atomic E-state index is 12.1. The van der Waals surface area contributed by atoms with Crippen LogP contribution < -0.4 is 10.6 Å². The molecule has 0 unspecified atom stereocenters. The van der Waals surface area contributed by atoms with Crippen LogP contribution in [-0.4, -0.2) is 50.1 Å². The molecule has 0 bridgehead atoms. The van der Waals surface area contributed by atoms with Crippen LogP contribution in [-0.2, 0) is 17.6 Å². The molecule has 0 spiro atoms. The Morgan fingerprint density at radius 1 is 1.04 bits per heavy atom. The second-order valence-electron chi connectivity index (χ2n) is 7.62. The second kappa shape index (κ2) is 8.68. The zero-order valence-corrected chi connectivity index (χ0v) is 16.0. The molecule has 1 aliphatic heterocycles. The Labute approximate surface area is 162 Å². The number of carbonyl (C=O) groups excluding carboxylic acids is 1. The normalized spacial score (nSPS) is 16.0. The van der Waals surface area contributed by atoms with Gasteiger partial charge in [-0.15, -0.1) is 0 Å². The fraction of sp³-hybridized carbons (Fsp3) is 0.435. The van der Waals surface area contributed by atoms with E-state index in [2.05, 4.69) is 58.0 Å². The number of rotatable bonds is 7. The summed E-state index contributed by atoms with van der Waals surface area (Å²) in [7, 11) is 0. The first-order chi connectivity index (χ1) is 13.3. The lowest BCUT2D eigenvalue weighted by molar-refractivity contribution is -0.121. The number of benzene rings is 2. The monoisotopic (exact) mass is 363 g/mol. The first-order valence-electron chi connectivity index (χ1n) is 10.2. The summed E-state index contributed by atoms with van der Waals surface area (Å²) >= 11 is 0. The molecule has 4 nitrogen and oxygen atoms in total. The highest BCUT2D eigenvalue weighted by Gasteiger charge is 2.17. The highest BCUT2D eigenvalue weighted by molar-refractivity contribution is 5.77. The average molecular weight is 364 g/mol. The zero-order valence-electron chi connectivity index (χ0n) is 16.0. The molecular formula is C23H29N3O. The van der Waals surface area contributed by atoms with Gasteiger partial charge in [-0.05, 0) is 47.1 Å². The van der Waals surface area contributed by atoms with E-state index in [0.29, 0.717) is 6.42 Å². The van der Waals surface area contributed by atoms with Gasteiger partial charge in [-0.2, -0.15) is 0 Å². The van der Waals surface area contributed by atoms with E-state index >= 15 is 0 Å². The molecule has 0 radical (unpaired) electrons. The summed E-state index contributed by atoms with van der Waals surface area (Å²) in [6.45, 7) is 5.99. The lowest BCUT2D eigenvalue weighted by Crippen LogP contribution is -2.46. The van der Waals surface area contributed by atoms with Crippen molar-refractivity contribution in [3.63, 3.8) is 0 Å². The van der Waals surface area contributed by atoms with Gasteiger partial charge in [0.1, 0.15) is 0 Å². The van der Waals surface area contributed by atoms with Crippen molar-refractivity contribution in [3.8, 4) is 11.1 Å². The second-order valence-corrected chi connectivity index (χ2v) is 7.62. The van der Waals surface area contributed by atoms with Crippen LogP contribution in [0.5, 0.6) is 0 Å². The molecule has 1 fully saturated rings. The van der Waals surface area contributed by atoms with Crippen LogP contribution >= 0.6 is 0 Å². The van der Waals surface area contributed by atoms with Gasteiger partial charge in [0.25, 0.3) is 0 Å². The molecule has 1 saturated heterocycles. The Balaban J connectivity index is 1.21. The van der Waals surface area contributed by atoms with Crippen LogP contribution in [0.1, 0.15) is 29.5 Å². The topological polar surface area (TPSA) is 44.4 Å². The largest absolute Gasteiger partial charge is 0.355 e. The molecule has 4 rings (SSSR count). The molecule has 27 heavy (non-hydrogen) atoms. The molecule has 2 aromatic rings. The molecule has 1 aliphatic carbocycles. The van der Waals surface area contributed by atoms with E-state index in [4.69, 9.17) is 0 Å². The summed E-state index contributed by atoms with van der Waals surface area (Å²) in [4.78, 5) is 14.5. The smallest absolute Gasteiger partial charge is 0.220 e. The van der Waals surface area contributed by atoms with Crippen LogP contribution in [0.4, 0.5) is 0 Å². The predicted octanol–water partition coefficient (Wildman–Crippen LogP) is 2.60. The van der Waals surface area contributed by atoms with Crippen LogP contribution in [0, 0.1) is 0 Å². The zero-order chi connectivity index (χ0) is 18.5. The van der Waals surface area contributed by atoms with Gasteiger partial charge in [0.15, 0.2) is 0 Å². The molecule has 1 amide bonds. The third-order valence-electron chi connectivity index (χ3n) is 5.69. The first-order valence-corrected chi connectivity index (χ1v) is 10.2. The minimum absolute atomic E-state index is 0.177. The molecule has 2 N–H and O–H groups in total. The van der Waals surface area contributed by atoms with Crippen LogP contribution in [0.3, 0.4) is 0 Å². The van der Waals surface area contributed by atoms with Gasteiger partial charge in [0, 0.05) is 45.7 Å². The Hall–Kier alpha value is -2.17. The van der Waals surface area contributed by atoms with E-state index in [9.17, 15) is 4.79 Å². The maximum atomic E-state index is 12.1. The number of piperazine rings is 1. The quantitative estimate of drug-likeness (QED) is 0.678. The van der Waals surface area contributed by atoms with E-state index in [1.807, 2.05) is 0 Å². The first kappa shape index (κ1) is 18.2. The summed E-state index contributed by atoms with van der Waals surface area (Å²) in [5, 5.41) is 6.42. The lowest BCUT2D eigenvalue weighted by atomic mass is 10.00. The van der Waals surface area contributed by atoms with Crippen LogP contribution in [0.2, 0.25) is 0 Å². The number of amides is 1. The molecule has 0 saturated carbocycles. The van der Waals surface area contributed by atoms with E-state index in [0.717, 1.165) is 58.5 Å². The van der Waals surface area contributed by atoms with E-state index in [1.54, 1.807) is 0 Å². The lowest BCUT2D eigenvalue weighted by Gasteiger charge is -2.27. The number of carbonyl (C=O) groups is 1. The van der Waals surface area contributed by atoms with E-state index < -0.39 is 0 Å². The summed E-state index contributed by atoms with van der Waals surface area (Å²) in [5.74, 6) is 0.177. The molecule has 4 heteroatoms. The minimum Gasteiger partial charge on any atom is -0.355 e. The summed E-state index contributed by atoms with van der Waals surface area (Å²) in [5.41, 5.74) is 6.93. The summed E-state index contributed by atoms with van der Waals surface area (Å²) in [6, 6.07) is 15.5. The number of nitrogens with one attached hydrogen (secondary N) is 2. The highest BCUT2D eigenvalue weighted by atomic mass is 16.1. The number of hydrogen-bond acceptors (Lipinski definition) is 3. The van der Waals surface area contributed by atoms with Crippen molar-refractivity contribution in [2.24, 2.45) is 0 Å². The molecule has 0 atom stereocenters. The molecular weight excluding hydrogens is 334 g/mol. The summed E-state index contributed by atoms with van der Waals surface area (Å²) < 4.78 is 0. The van der Waals surface area contributed by atoms with Crippen LogP contribution in [0.25, 0.3) is 11.1 Å². The average Bonchev–Trinajstić information content (AvgIpc) is 3.07. The van der Waals surface area contributed by atoms with Crippen molar-refractivity contribution in [3.05, 3.63) is 59.2 Å². The van der Waals surface area contributed by atoms with Gasteiger partial charge in [0.05, 0.1) is 0 Å². The van der Waals surface area contributed by atoms with Gasteiger partial charge in [-0.3, -0.25) is 9.69 Å². The highest BCUT2D eigenvalue weighted by Crippen LogP contribution is 2.36.